The molecular weight excluding hydrogens is 314 g/mol. The molecule has 0 saturated heterocycles. The zero-order chi connectivity index (χ0) is 18.6. The van der Waals surface area contributed by atoms with Gasteiger partial charge in [-0.15, -0.1) is 0 Å². The van der Waals surface area contributed by atoms with Crippen LogP contribution in [0.2, 0.25) is 0 Å². The first-order valence-corrected chi connectivity index (χ1v) is 8.22. The summed E-state index contributed by atoms with van der Waals surface area (Å²) in [5.41, 5.74) is 8.44. The molecule has 25 heavy (non-hydrogen) atoms. The number of hydrogen-bond acceptors (Lipinski definition) is 3. The van der Waals surface area contributed by atoms with E-state index in [1.807, 2.05) is 64.1 Å². The summed E-state index contributed by atoms with van der Waals surface area (Å²) in [5, 5.41) is 5.71. The average molecular weight is 339 g/mol. The first-order valence-electron chi connectivity index (χ1n) is 8.22. The third kappa shape index (κ3) is 4.90. The van der Waals surface area contributed by atoms with Crippen LogP contribution in [0.4, 0.5) is 11.4 Å². The molecule has 0 spiro atoms. The number of benzene rings is 2. The van der Waals surface area contributed by atoms with E-state index in [0.29, 0.717) is 11.4 Å². The van der Waals surface area contributed by atoms with Crippen LogP contribution >= 0.6 is 0 Å². The number of amides is 2. The predicted octanol–water partition coefficient (Wildman–Crippen LogP) is 3.62. The third-order valence-corrected chi connectivity index (χ3v) is 3.88. The minimum Gasteiger partial charge on any atom is -0.325 e. The molecule has 1 atom stereocenters. The van der Waals surface area contributed by atoms with Crippen molar-refractivity contribution >= 4 is 23.2 Å². The summed E-state index contributed by atoms with van der Waals surface area (Å²) in [6.07, 6.45) is 0. The van der Waals surface area contributed by atoms with Gasteiger partial charge in [-0.25, -0.2) is 0 Å². The Morgan fingerprint density at radius 1 is 1.00 bits per heavy atom. The monoisotopic (exact) mass is 339 g/mol. The van der Waals surface area contributed by atoms with E-state index in [9.17, 15) is 9.59 Å². The van der Waals surface area contributed by atoms with Crippen LogP contribution in [0.5, 0.6) is 0 Å². The molecular formula is C20H25N3O2. The van der Waals surface area contributed by atoms with E-state index in [-0.39, 0.29) is 11.8 Å². The highest BCUT2D eigenvalue weighted by molar-refractivity contribution is 5.98. The first kappa shape index (κ1) is 18.7. The number of rotatable bonds is 4. The minimum atomic E-state index is -0.755. The number of aryl methyl sites for hydroxylation is 1. The second-order valence-corrected chi connectivity index (χ2v) is 7.11. The minimum absolute atomic E-state index is 0.0833. The molecule has 5 heteroatoms. The van der Waals surface area contributed by atoms with Gasteiger partial charge in [0.1, 0.15) is 6.04 Å². The van der Waals surface area contributed by atoms with Gasteiger partial charge in [-0.1, -0.05) is 57.2 Å². The van der Waals surface area contributed by atoms with Crippen LogP contribution < -0.4 is 16.4 Å². The molecule has 2 rings (SSSR count). The van der Waals surface area contributed by atoms with Crippen LogP contribution in [0.3, 0.4) is 0 Å². The SMILES string of the molecule is Cc1ccc(NC(=O)C(N)c2ccccc2)cc1NC(=O)C(C)(C)C. The maximum atomic E-state index is 12.4. The Kier molecular flexibility index (Phi) is 5.59. The zero-order valence-electron chi connectivity index (χ0n) is 15.1. The van der Waals surface area contributed by atoms with Crippen LogP contribution in [0.25, 0.3) is 0 Å². The van der Waals surface area contributed by atoms with Crippen molar-refractivity contribution in [2.45, 2.75) is 33.7 Å². The lowest BCUT2D eigenvalue weighted by molar-refractivity contribution is -0.123. The fourth-order valence-corrected chi connectivity index (χ4v) is 2.18. The number of carbonyl (C=O) groups excluding carboxylic acids is 2. The second kappa shape index (κ2) is 7.49. The van der Waals surface area contributed by atoms with Crippen LogP contribution in [0, 0.1) is 12.3 Å². The lowest BCUT2D eigenvalue weighted by Gasteiger charge is -2.19. The van der Waals surface area contributed by atoms with E-state index < -0.39 is 11.5 Å². The fourth-order valence-electron chi connectivity index (χ4n) is 2.18. The van der Waals surface area contributed by atoms with Crippen LogP contribution in [0.15, 0.2) is 48.5 Å². The highest BCUT2D eigenvalue weighted by atomic mass is 16.2. The Hall–Kier alpha value is -2.66. The van der Waals surface area contributed by atoms with Gasteiger partial charge in [-0.3, -0.25) is 9.59 Å². The summed E-state index contributed by atoms with van der Waals surface area (Å²) in [6, 6.07) is 13.8. The predicted molar refractivity (Wildman–Crippen MR) is 101 cm³/mol. The van der Waals surface area contributed by atoms with Crippen molar-refractivity contribution in [2.75, 3.05) is 10.6 Å². The van der Waals surface area contributed by atoms with Crippen molar-refractivity contribution < 1.29 is 9.59 Å². The molecule has 2 aromatic carbocycles. The molecule has 0 bridgehead atoms. The number of anilines is 2. The lowest BCUT2D eigenvalue weighted by atomic mass is 9.95. The summed E-state index contributed by atoms with van der Waals surface area (Å²) in [4.78, 5) is 24.6. The van der Waals surface area contributed by atoms with Gasteiger partial charge in [-0.2, -0.15) is 0 Å². The molecule has 4 N–H and O–H groups in total. The molecule has 0 heterocycles. The van der Waals surface area contributed by atoms with E-state index in [1.165, 1.54) is 0 Å². The van der Waals surface area contributed by atoms with Gasteiger partial charge in [0.2, 0.25) is 11.8 Å². The number of nitrogens with two attached hydrogens (primary N) is 1. The van der Waals surface area contributed by atoms with E-state index in [1.54, 1.807) is 12.1 Å². The Bertz CT molecular complexity index is 764. The number of nitrogens with one attached hydrogen (secondary N) is 2. The van der Waals surface area contributed by atoms with Crippen molar-refractivity contribution in [2.24, 2.45) is 11.1 Å². The molecule has 0 aliphatic rings. The van der Waals surface area contributed by atoms with E-state index in [0.717, 1.165) is 11.1 Å². The molecule has 0 saturated carbocycles. The number of hydrogen-bond donors (Lipinski definition) is 3. The maximum Gasteiger partial charge on any atom is 0.245 e. The average Bonchev–Trinajstić information content (AvgIpc) is 2.57. The van der Waals surface area contributed by atoms with Crippen LogP contribution in [0.1, 0.15) is 37.9 Å². The summed E-state index contributed by atoms with van der Waals surface area (Å²) in [7, 11) is 0. The van der Waals surface area contributed by atoms with E-state index in [4.69, 9.17) is 5.73 Å². The smallest absolute Gasteiger partial charge is 0.245 e. The molecule has 0 aromatic heterocycles. The highest BCUT2D eigenvalue weighted by Crippen LogP contribution is 2.24. The molecule has 2 amide bonds. The van der Waals surface area contributed by atoms with Crippen LogP contribution in [-0.2, 0) is 9.59 Å². The summed E-state index contributed by atoms with van der Waals surface area (Å²) in [5.74, 6) is -0.386. The van der Waals surface area contributed by atoms with Crippen molar-refractivity contribution in [1.29, 1.82) is 0 Å². The summed E-state index contributed by atoms with van der Waals surface area (Å²) in [6.45, 7) is 7.45. The molecule has 2 aromatic rings. The van der Waals surface area contributed by atoms with E-state index in [2.05, 4.69) is 10.6 Å². The molecule has 0 aliphatic heterocycles. The topological polar surface area (TPSA) is 84.2 Å². The quantitative estimate of drug-likeness (QED) is 0.795. The third-order valence-electron chi connectivity index (χ3n) is 3.88. The van der Waals surface area contributed by atoms with Gasteiger partial charge in [-0.05, 0) is 30.2 Å². The normalized spacial score (nSPS) is 12.4. The number of carbonyl (C=O) groups is 2. The molecule has 1 unspecified atom stereocenters. The van der Waals surface area contributed by atoms with Crippen molar-refractivity contribution in [1.82, 2.24) is 0 Å². The Balaban J connectivity index is 2.14. The van der Waals surface area contributed by atoms with Crippen molar-refractivity contribution in [3.63, 3.8) is 0 Å². The van der Waals surface area contributed by atoms with Gasteiger partial charge in [0.15, 0.2) is 0 Å². The zero-order valence-corrected chi connectivity index (χ0v) is 15.1. The molecule has 5 nitrogen and oxygen atoms in total. The van der Waals surface area contributed by atoms with Gasteiger partial charge in [0, 0.05) is 16.8 Å². The molecule has 0 fully saturated rings. The second-order valence-electron chi connectivity index (χ2n) is 7.11. The summed E-state index contributed by atoms with van der Waals surface area (Å²) >= 11 is 0. The largest absolute Gasteiger partial charge is 0.325 e. The highest BCUT2D eigenvalue weighted by Gasteiger charge is 2.22. The first-order chi connectivity index (χ1) is 11.7. The lowest BCUT2D eigenvalue weighted by Crippen LogP contribution is -2.29. The van der Waals surface area contributed by atoms with Gasteiger partial charge in [0.05, 0.1) is 0 Å². The van der Waals surface area contributed by atoms with E-state index >= 15 is 0 Å². The Morgan fingerprint density at radius 2 is 1.64 bits per heavy atom. The maximum absolute atomic E-state index is 12.4. The van der Waals surface area contributed by atoms with Gasteiger partial charge in [0.25, 0.3) is 0 Å². The van der Waals surface area contributed by atoms with Gasteiger partial charge < -0.3 is 16.4 Å². The molecule has 0 aliphatic carbocycles. The molecule has 132 valence electrons. The van der Waals surface area contributed by atoms with Crippen LogP contribution in [-0.4, -0.2) is 11.8 Å². The van der Waals surface area contributed by atoms with Crippen molar-refractivity contribution in [3.05, 3.63) is 59.7 Å². The molecule has 0 radical (unpaired) electrons. The van der Waals surface area contributed by atoms with Crippen molar-refractivity contribution in [3.8, 4) is 0 Å². The summed E-state index contributed by atoms with van der Waals surface area (Å²) < 4.78 is 0. The van der Waals surface area contributed by atoms with Gasteiger partial charge >= 0.3 is 0 Å². The fraction of sp³-hybridized carbons (Fsp3) is 0.300. The standard InChI is InChI=1S/C20H25N3O2/c1-13-10-11-15(12-16(13)23-19(25)20(2,3)4)22-18(24)17(21)14-8-6-5-7-9-14/h5-12,17H,21H2,1-4H3,(H,22,24)(H,23,25). The Labute approximate surface area is 148 Å². The Morgan fingerprint density at radius 3 is 2.24 bits per heavy atom.